The first kappa shape index (κ1) is 20.2. The molecule has 0 saturated heterocycles. The molecule has 0 N–H and O–H groups in total. The molecular weight excluding hydrogens is 376 g/mol. The number of allylic oxidation sites excluding steroid dienone is 3. The van der Waals surface area contributed by atoms with E-state index >= 15 is 0 Å². The quantitative estimate of drug-likeness (QED) is 0.706. The van der Waals surface area contributed by atoms with Crippen molar-refractivity contribution in [3.63, 3.8) is 0 Å². The van der Waals surface area contributed by atoms with Gasteiger partial charge < -0.3 is 4.74 Å². The van der Waals surface area contributed by atoms with Crippen LogP contribution < -0.4 is 0 Å². The molecule has 0 saturated carbocycles. The van der Waals surface area contributed by atoms with Crippen LogP contribution in [-0.2, 0) is 27.8 Å². The summed E-state index contributed by atoms with van der Waals surface area (Å²) in [4.78, 5) is 13.7. The van der Waals surface area contributed by atoms with Crippen LogP contribution in [0.3, 0.4) is 0 Å². The van der Waals surface area contributed by atoms with Gasteiger partial charge in [0.15, 0.2) is 0 Å². The molecule has 3 rings (SSSR count). The monoisotopic (exact) mass is 402 g/mol. The Morgan fingerprint density at radius 1 is 1.29 bits per heavy atom. The van der Waals surface area contributed by atoms with E-state index in [0.29, 0.717) is 17.8 Å². The van der Waals surface area contributed by atoms with Crippen molar-refractivity contribution in [2.24, 2.45) is 0 Å². The number of amides is 1. The molecule has 0 unspecified atom stereocenters. The molecule has 7 heteroatoms. The van der Waals surface area contributed by atoms with Gasteiger partial charge in [0.25, 0.3) is 0 Å². The molecule has 2 heterocycles. The summed E-state index contributed by atoms with van der Waals surface area (Å²) in [5.74, 6) is -0.109. The molecule has 6 nitrogen and oxygen atoms in total. The number of nitrogens with zero attached hydrogens (tertiary/aromatic N) is 2. The second kappa shape index (κ2) is 7.83. The van der Waals surface area contributed by atoms with Gasteiger partial charge in [0.2, 0.25) is 10.0 Å². The summed E-state index contributed by atoms with van der Waals surface area (Å²) in [5, 5.41) is 0.874. The minimum Gasteiger partial charge on any atom is -0.450 e. The largest absolute Gasteiger partial charge is 0.450 e. The summed E-state index contributed by atoms with van der Waals surface area (Å²) in [6, 6.07) is 5.73. The van der Waals surface area contributed by atoms with Crippen molar-refractivity contribution in [1.82, 2.24) is 8.87 Å². The zero-order valence-electron chi connectivity index (χ0n) is 16.7. The Labute approximate surface area is 166 Å². The van der Waals surface area contributed by atoms with E-state index < -0.39 is 16.1 Å². The molecule has 1 amide bonds. The fourth-order valence-corrected chi connectivity index (χ4v) is 4.89. The number of benzene rings is 1. The van der Waals surface area contributed by atoms with E-state index in [1.165, 1.54) is 3.97 Å². The highest BCUT2D eigenvalue weighted by Gasteiger charge is 2.33. The van der Waals surface area contributed by atoms with Crippen LogP contribution in [0.1, 0.15) is 37.6 Å². The SMILES string of the molecule is C/C=C(C)\C=C/CS(=O)(=O)n1c2c(c3cc(C)ccc31)CN(C(=O)OCC)C2. The smallest absolute Gasteiger partial charge is 0.410 e. The van der Waals surface area contributed by atoms with Crippen molar-refractivity contribution >= 4 is 27.0 Å². The molecule has 1 aromatic heterocycles. The van der Waals surface area contributed by atoms with Gasteiger partial charge in [-0.3, -0.25) is 4.90 Å². The van der Waals surface area contributed by atoms with Crippen LogP contribution in [-0.4, -0.2) is 35.7 Å². The molecule has 0 aliphatic carbocycles. The number of ether oxygens (including phenoxy) is 1. The topological polar surface area (TPSA) is 68.6 Å². The van der Waals surface area contributed by atoms with Crippen molar-refractivity contribution in [2.75, 3.05) is 12.4 Å². The fraction of sp³-hybridized carbons (Fsp3) is 0.381. The van der Waals surface area contributed by atoms with Crippen LogP contribution in [0.15, 0.2) is 42.0 Å². The van der Waals surface area contributed by atoms with Crippen molar-refractivity contribution in [2.45, 2.75) is 40.8 Å². The average Bonchev–Trinajstić information content (AvgIpc) is 3.19. The van der Waals surface area contributed by atoms with Gasteiger partial charge in [-0.2, -0.15) is 0 Å². The molecule has 0 fully saturated rings. The molecule has 2 aromatic rings. The molecule has 150 valence electrons. The van der Waals surface area contributed by atoms with Crippen molar-refractivity contribution < 1.29 is 17.9 Å². The Balaban J connectivity index is 2.07. The molecule has 0 bridgehead atoms. The fourth-order valence-electron chi connectivity index (χ4n) is 3.44. The van der Waals surface area contributed by atoms with E-state index in [4.69, 9.17) is 4.74 Å². The number of rotatable bonds is 5. The Bertz CT molecular complexity index is 1080. The molecule has 28 heavy (non-hydrogen) atoms. The predicted molar refractivity (Wildman–Crippen MR) is 111 cm³/mol. The predicted octanol–water partition coefficient (Wildman–Crippen LogP) is 4.12. The maximum absolute atomic E-state index is 13.2. The van der Waals surface area contributed by atoms with Crippen LogP contribution in [0, 0.1) is 6.92 Å². The number of fused-ring (bicyclic) bond motifs is 3. The molecule has 0 radical (unpaired) electrons. The third-order valence-electron chi connectivity index (χ3n) is 4.93. The van der Waals surface area contributed by atoms with Gasteiger partial charge >= 0.3 is 6.09 Å². The molecule has 1 aliphatic heterocycles. The van der Waals surface area contributed by atoms with Gasteiger partial charge in [-0.15, -0.1) is 0 Å². The Morgan fingerprint density at radius 2 is 2.04 bits per heavy atom. The van der Waals surface area contributed by atoms with Crippen LogP contribution in [0.5, 0.6) is 0 Å². The first-order valence-electron chi connectivity index (χ1n) is 9.35. The van der Waals surface area contributed by atoms with Crippen molar-refractivity contribution in [3.8, 4) is 0 Å². The summed E-state index contributed by atoms with van der Waals surface area (Å²) in [5.41, 5.74) is 4.23. The van der Waals surface area contributed by atoms with E-state index in [-0.39, 0.29) is 18.9 Å². The van der Waals surface area contributed by atoms with Gasteiger partial charge in [-0.05, 0) is 39.8 Å². The molecule has 1 aromatic carbocycles. The zero-order valence-corrected chi connectivity index (χ0v) is 17.5. The number of carbonyl (C=O) groups is 1. The minimum atomic E-state index is -3.62. The first-order valence-corrected chi connectivity index (χ1v) is 11.0. The van der Waals surface area contributed by atoms with E-state index in [9.17, 15) is 13.2 Å². The van der Waals surface area contributed by atoms with Gasteiger partial charge in [0, 0.05) is 10.9 Å². The van der Waals surface area contributed by atoms with Gasteiger partial charge in [-0.1, -0.05) is 35.4 Å². The second-order valence-electron chi connectivity index (χ2n) is 6.98. The lowest BCUT2D eigenvalue weighted by Crippen LogP contribution is -2.27. The third kappa shape index (κ3) is 3.71. The van der Waals surface area contributed by atoms with Crippen molar-refractivity contribution in [1.29, 1.82) is 0 Å². The first-order chi connectivity index (χ1) is 13.3. The lowest BCUT2D eigenvalue weighted by atomic mass is 10.1. The number of aryl methyl sites for hydroxylation is 1. The van der Waals surface area contributed by atoms with E-state index in [0.717, 1.165) is 22.1 Å². The highest BCUT2D eigenvalue weighted by atomic mass is 32.2. The maximum Gasteiger partial charge on any atom is 0.410 e. The second-order valence-corrected chi connectivity index (χ2v) is 8.84. The van der Waals surface area contributed by atoms with Crippen LogP contribution in [0.25, 0.3) is 10.9 Å². The Kier molecular flexibility index (Phi) is 5.65. The number of hydrogen-bond acceptors (Lipinski definition) is 4. The molecule has 0 atom stereocenters. The average molecular weight is 403 g/mol. The van der Waals surface area contributed by atoms with E-state index in [1.807, 2.05) is 45.0 Å². The van der Waals surface area contributed by atoms with Crippen LogP contribution >= 0.6 is 0 Å². The molecular formula is C21H26N2O4S. The Morgan fingerprint density at radius 3 is 2.71 bits per heavy atom. The minimum absolute atomic E-state index is 0.109. The van der Waals surface area contributed by atoms with Gasteiger partial charge in [-0.25, -0.2) is 17.2 Å². The highest BCUT2D eigenvalue weighted by Crippen LogP contribution is 2.35. The highest BCUT2D eigenvalue weighted by molar-refractivity contribution is 7.90. The standard InChI is InChI=1S/C21H26N2O4S/c1-5-15(3)8-7-11-28(25,26)23-19-10-9-16(4)12-17(19)18-13-22(14-20(18)23)21(24)27-6-2/h5,7-10,12H,6,11,13-14H2,1-4H3/b8-7-,15-5-. The lowest BCUT2D eigenvalue weighted by molar-refractivity contribution is 0.106. The summed E-state index contributed by atoms with van der Waals surface area (Å²) < 4.78 is 32.9. The molecule has 0 spiro atoms. The van der Waals surface area contributed by atoms with Crippen LogP contribution in [0.4, 0.5) is 4.79 Å². The third-order valence-corrected chi connectivity index (χ3v) is 6.51. The normalized spacial score (nSPS) is 14.9. The lowest BCUT2D eigenvalue weighted by Gasteiger charge is -2.16. The maximum atomic E-state index is 13.2. The summed E-state index contributed by atoms with van der Waals surface area (Å²) in [6.45, 7) is 8.41. The number of carbonyl (C=O) groups excluding carboxylic acids is 1. The summed E-state index contributed by atoms with van der Waals surface area (Å²) >= 11 is 0. The van der Waals surface area contributed by atoms with E-state index in [1.54, 1.807) is 24.0 Å². The van der Waals surface area contributed by atoms with Crippen molar-refractivity contribution in [3.05, 3.63) is 58.8 Å². The van der Waals surface area contributed by atoms with E-state index in [2.05, 4.69) is 0 Å². The Hall–Kier alpha value is -2.54. The van der Waals surface area contributed by atoms with Gasteiger partial charge in [0.05, 0.1) is 36.7 Å². The molecule has 1 aliphatic rings. The summed E-state index contributed by atoms with van der Waals surface area (Å²) in [7, 11) is -3.62. The van der Waals surface area contributed by atoms with Gasteiger partial charge in [0.1, 0.15) is 0 Å². The zero-order chi connectivity index (χ0) is 20.5. The number of hydrogen-bond donors (Lipinski definition) is 0. The summed E-state index contributed by atoms with van der Waals surface area (Å²) in [6.07, 6.45) is 4.96. The van der Waals surface area contributed by atoms with Crippen LogP contribution in [0.2, 0.25) is 0 Å². The number of aromatic nitrogens is 1.